The molecule has 11 heavy (non-hydrogen) atoms. The maximum absolute atomic E-state index is 4.37. The highest BCUT2D eigenvalue weighted by Gasteiger charge is 2.23. The van der Waals surface area contributed by atoms with E-state index < -0.39 is 0 Å². The lowest BCUT2D eigenvalue weighted by molar-refractivity contribution is 0.496. The quantitative estimate of drug-likeness (QED) is 0.640. The molecule has 0 radical (unpaired) electrons. The van der Waals surface area contributed by atoms with Crippen LogP contribution < -0.4 is 5.32 Å². The Hall–Kier alpha value is -0.410. The first-order chi connectivity index (χ1) is 5.29. The maximum Gasteiger partial charge on any atom is 0.0798 e. The lowest BCUT2D eigenvalue weighted by Crippen LogP contribution is -2.29. The molecule has 2 atom stereocenters. The predicted octanol–water partition coefficient (Wildman–Crippen LogP) is 1.91. The Morgan fingerprint density at radius 2 is 2.45 bits per heavy atom. The number of nitrogens with zero attached hydrogens (tertiary/aromatic N) is 1. The SMILES string of the molecule is C[C@H]1CN[C@H](C)c2scnc21. The number of fused-ring (bicyclic) bond motifs is 1. The molecule has 1 aromatic rings. The molecule has 1 aliphatic rings. The Morgan fingerprint density at radius 3 is 3.18 bits per heavy atom. The van der Waals surface area contributed by atoms with Crippen molar-refractivity contribution in [2.75, 3.05) is 6.54 Å². The second-order valence-corrected chi connectivity index (χ2v) is 4.02. The van der Waals surface area contributed by atoms with Gasteiger partial charge in [-0.1, -0.05) is 6.92 Å². The van der Waals surface area contributed by atoms with E-state index in [1.807, 2.05) is 5.51 Å². The van der Waals surface area contributed by atoms with E-state index in [9.17, 15) is 0 Å². The minimum absolute atomic E-state index is 0.508. The minimum atomic E-state index is 0.508. The Labute approximate surface area is 70.7 Å². The monoisotopic (exact) mass is 168 g/mol. The molecule has 0 bridgehead atoms. The highest BCUT2D eigenvalue weighted by Crippen LogP contribution is 2.31. The Bertz CT molecular complexity index is 232. The molecule has 2 nitrogen and oxygen atoms in total. The average Bonchev–Trinajstić information content (AvgIpc) is 2.45. The molecule has 0 aromatic carbocycles. The highest BCUT2D eigenvalue weighted by atomic mass is 32.1. The summed E-state index contributed by atoms with van der Waals surface area (Å²) in [6.07, 6.45) is 0. The summed E-state index contributed by atoms with van der Waals surface area (Å²) in [5.41, 5.74) is 3.26. The van der Waals surface area contributed by atoms with E-state index in [1.165, 1.54) is 10.6 Å². The van der Waals surface area contributed by atoms with E-state index >= 15 is 0 Å². The molecule has 0 saturated carbocycles. The minimum Gasteiger partial charge on any atom is -0.309 e. The maximum atomic E-state index is 4.37. The van der Waals surface area contributed by atoms with Gasteiger partial charge in [0.15, 0.2) is 0 Å². The summed E-state index contributed by atoms with van der Waals surface area (Å²) in [4.78, 5) is 5.79. The molecule has 0 aliphatic carbocycles. The Balaban J connectivity index is 2.43. The molecule has 1 N–H and O–H groups in total. The van der Waals surface area contributed by atoms with E-state index in [4.69, 9.17) is 0 Å². The van der Waals surface area contributed by atoms with E-state index in [0.29, 0.717) is 12.0 Å². The Kier molecular flexibility index (Phi) is 1.69. The lowest BCUT2D eigenvalue weighted by Gasteiger charge is -2.23. The van der Waals surface area contributed by atoms with Crippen LogP contribution >= 0.6 is 11.3 Å². The number of aromatic nitrogens is 1. The molecule has 0 unspecified atom stereocenters. The van der Waals surface area contributed by atoms with Gasteiger partial charge in [0, 0.05) is 23.4 Å². The van der Waals surface area contributed by atoms with Crippen molar-refractivity contribution in [1.82, 2.24) is 10.3 Å². The third kappa shape index (κ3) is 1.08. The standard InChI is InChI=1S/C8H12N2S/c1-5-3-9-6(2)8-7(5)10-4-11-8/h4-6,9H,3H2,1-2H3/t5-,6+/m0/s1. The van der Waals surface area contributed by atoms with Crippen molar-refractivity contribution in [3.8, 4) is 0 Å². The van der Waals surface area contributed by atoms with Crippen LogP contribution in [0.15, 0.2) is 5.51 Å². The average molecular weight is 168 g/mol. The van der Waals surface area contributed by atoms with Crippen LogP contribution in [0, 0.1) is 0 Å². The van der Waals surface area contributed by atoms with Crippen LogP contribution in [0.25, 0.3) is 0 Å². The first kappa shape index (κ1) is 7.25. The van der Waals surface area contributed by atoms with Gasteiger partial charge >= 0.3 is 0 Å². The van der Waals surface area contributed by atoms with Crippen molar-refractivity contribution in [2.45, 2.75) is 25.8 Å². The molecule has 2 rings (SSSR count). The molecule has 1 aliphatic heterocycles. The van der Waals surface area contributed by atoms with Crippen molar-refractivity contribution in [1.29, 1.82) is 0 Å². The topological polar surface area (TPSA) is 24.9 Å². The first-order valence-electron chi connectivity index (χ1n) is 3.95. The van der Waals surface area contributed by atoms with E-state index in [-0.39, 0.29) is 0 Å². The van der Waals surface area contributed by atoms with Crippen molar-refractivity contribution in [3.05, 3.63) is 16.1 Å². The van der Waals surface area contributed by atoms with Crippen LogP contribution in [-0.4, -0.2) is 11.5 Å². The molecular weight excluding hydrogens is 156 g/mol. The van der Waals surface area contributed by atoms with Gasteiger partial charge in [-0.05, 0) is 6.92 Å². The van der Waals surface area contributed by atoms with Gasteiger partial charge in [-0.15, -0.1) is 11.3 Å². The van der Waals surface area contributed by atoms with Gasteiger partial charge in [-0.25, -0.2) is 4.98 Å². The van der Waals surface area contributed by atoms with Gasteiger partial charge in [0.25, 0.3) is 0 Å². The predicted molar refractivity (Wildman–Crippen MR) is 46.9 cm³/mol. The molecule has 0 spiro atoms. The van der Waals surface area contributed by atoms with Crippen LogP contribution in [0.5, 0.6) is 0 Å². The zero-order chi connectivity index (χ0) is 7.84. The first-order valence-corrected chi connectivity index (χ1v) is 4.83. The fraction of sp³-hybridized carbons (Fsp3) is 0.625. The lowest BCUT2D eigenvalue weighted by atomic mass is 10.00. The largest absolute Gasteiger partial charge is 0.309 e. The fourth-order valence-electron chi connectivity index (χ4n) is 1.50. The van der Waals surface area contributed by atoms with Crippen LogP contribution in [0.1, 0.15) is 36.4 Å². The molecule has 0 saturated heterocycles. The number of nitrogens with one attached hydrogen (secondary N) is 1. The van der Waals surface area contributed by atoms with Crippen LogP contribution in [0.2, 0.25) is 0 Å². The summed E-state index contributed by atoms with van der Waals surface area (Å²) >= 11 is 1.76. The zero-order valence-electron chi connectivity index (χ0n) is 6.79. The summed E-state index contributed by atoms with van der Waals surface area (Å²) in [5.74, 6) is 0.590. The van der Waals surface area contributed by atoms with Gasteiger partial charge in [0.1, 0.15) is 0 Å². The van der Waals surface area contributed by atoms with Gasteiger partial charge in [-0.2, -0.15) is 0 Å². The molecular formula is C8H12N2S. The zero-order valence-corrected chi connectivity index (χ0v) is 7.61. The summed E-state index contributed by atoms with van der Waals surface area (Å²) in [6.45, 7) is 5.48. The number of hydrogen-bond donors (Lipinski definition) is 1. The van der Waals surface area contributed by atoms with Crippen molar-refractivity contribution < 1.29 is 0 Å². The molecule has 2 heterocycles. The number of thiazole rings is 1. The third-order valence-electron chi connectivity index (χ3n) is 2.21. The van der Waals surface area contributed by atoms with E-state index in [0.717, 1.165) is 6.54 Å². The van der Waals surface area contributed by atoms with Gasteiger partial charge in [-0.3, -0.25) is 0 Å². The summed E-state index contributed by atoms with van der Waals surface area (Å²) < 4.78 is 0. The Morgan fingerprint density at radius 1 is 1.64 bits per heavy atom. The number of rotatable bonds is 0. The smallest absolute Gasteiger partial charge is 0.0798 e. The van der Waals surface area contributed by atoms with Gasteiger partial charge in [0.2, 0.25) is 0 Å². The summed E-state index contributed by atoms with van der Waals surface area (Å²) in [7, 11) is 0. The normalized spacial score (nSPS) is 30.0. The van der Waals surface area contributed by atoms with E-state index in [2.05, 4.69) is 24.1 Å². The van der Waals surface area contributed by atoms with Crippen molar-refractivity contribution in [2.24, 2.45) is 0 Å². The second-order valence-electron chi connectivity index (χ2n) is 3.13. The van der Waals surface area contributed by atoms with Gasteiger partial charge < -0.3 is 5.32 Å². The van der Waals surface area contributed by atoms with Gasteiger partial charge in [0.05, 0.1) is 11.2 Å². The molecule has 0 fully saturated rings. The fourth-order valence-corrected chi connectivity index (χ4v) is 2.44. The molecule has 1 aromatic heterocycles. The molecule has 0 amide bonds. The van der Waals surface area contributed by atoms with Crippen LogP contribution in [-0.2, 0) is 0 Å². The second kappa shape index (κ2) is 2.57. The van der Waals surface area contributed by atoms with Crippen LogP contribution in [0.4, 0.5) is 0 Å². The van der Waals surface area contributed by atoms with Crippen LogP contribution in [0.3, 0.4) is 0 Å². The summed E-state index contributed by atoms with van der Waals surface area (Å²) in [6, 6.07) is 0.508. The summed E-state index contributed by atoms with van der Waals surface area (Å²) in [5, 5.41) is 3.44. The number of hydrogen-bond acceptors (Lipinski definition) is 3. The molecule has 60 valence electrons. The molecule has 3 heteroatoms. The van der Waals surface area contributed by atoms with Crippen molar-refractivity contribution >= 4 is 11.3 Å². The van der Waals surface area contributed by atoms with Crippen molar-refractivity contribution in [3.63, 3.8) is 0 Å². The third-order valence-corrected chi connectivity index (χ3v) is 3.24. The highest BCUT2D eigenvalue weighted by molar-refractivity contribution is 7.09. The van der Waals surface area contributed by atoms with E-state index in [1.54, 1.807) is 11.3 Å².